The molecule has 0 N–H and O–H groups in total. The minimum atomic E-state index is -0.490. The van der Waals surface area contributed by atoms with E-state index in [-0.39, 0.29) is 37.1 Å². The number of methoxy groups -OCH3 is 2. The van der Waals surface area contributed by atoms with Crippen LogP contribution in [0.15, 0.2) is 40.9 Å². The Hall–Kier alpha value is -2.61. The van der Waals surface area contributed by atoms with E-state index in [0.29, 0.717) is 22.7 Å². The molecule has 0 radical (unpaired) electrons. The van der Waals surface area contributed by atoms with Crippen molar-refractivity contribution in [2.75, 3.05) is 32.7 Å². The Balaban J connectivity index is 1.72. The molecule has 1 heterocycles. The highest BCUT2D eigenvalue weighted by atomic mass is 79.9. The largest absolute Gasteiger partial charge is 0.493 e. The summed E-state index contributed by atoms with van der Waals surface area (Å²) < 4.78 is 25.3. The molecule has 2 aromatic carbocycles. The summed E-state index contributed by atoms with van der Waals surface area (Å²) in [7, 11) is 4.68. The monoisotopic (exact) mass is 464 g/mol. The number of anilines is 1. The van der Waals surface area contributed by atoms with Gasteiger partial charge in [-0.2, -0.15) is 0 Å². The van der Waals surface area contributed by atoms with E-state index in [1.54, 1.807) is 42.3 Å². The number of benzene rings is 2. The van der Waals surface area contributed by atoms with Crippen LogP contribution in [0.4, 0.5) is 10.1 Å². The summed E-state index contributed by atoms with van der Waals surface area (Å²) in [6, 6.07) is 9.80. The molecule has 6 nitrogen and oxygen atoms in total. The molecule has 0 saturated carbocycles. The highest BCUT2D eigenvalue weighted by molar-refractivity contribution is 9.10. The Bertz CT molecular complexity index is 937. The molecule has 2 amide bonds. The molecule has 1 fully saturated rings. The fourth-order valence-electron chi connectivity index (χ4n) is 3.42. The molecule has 29 heavy (non-hydrogen) atoms. The van der Waals surface area contributed by atoms with Crippen molar-refractivity contribution in [1.29, 1.82) is 0 Å². The molecule has 0 spiro atoms. The van der Waals surface area contributed by atoms with Gasteiger partial charge in [0.25, 0.3) is 0 Å². The van der Waals surface area contributed by atoms with Crippen LogP contribution in [0.5, 0.6) is 11.5 Å². The topological polar surface area (TPSA) is 59.1 Å². The van der Waals surface area contributed by atoms with Gasteiger partial charge < -0.3 is 19.3 Å². The van der Waals surface area contributed by atoms with Gasteiger partial charge in [-0.05, 0) is 30.3 Å². The number of hydrogen-bond donors (Lipinski definition) is 0. The van der Waals surface area contributed by atoms with E-state index in [9.17, 15) is 14.0 Å². The van der Waals surface area contributed by atoms with E-state index in [2.05, 4.69) is 15.9 Å². The van der Waals surface area contributed by atoms with Crippen molar-refractivity contribution in [2.24, 2.45) is 5.92 Å². The first-order valence-corrected chi connectivity index (χ1v) is 9.84. The zero-order valence-corrected chi connectivity index (χ0v) is 18.0. The molecule has 1 saturated heterocycles. The number of hydrogen-bond acceptors (Lipinski definition) is 4. The van der Waals surface area contributed by atoms with Gasteiger partial charge in [0.15, 0.2) is 11.5 Å². The molecule has 3 rings (SSSR count). The molecule has 1 aliphatic heterocycles. The molecule has 154 valence electrons. The first-order valence-electron chi connectivity index (χ1n) is 9.05. The summed E-state index contributed by atoms with van der Waals surface area (Å²) in [5.41, 5.74) is 1.06. The molecule has 1 aliphatic rings. The second-order valence-electron chi connectivity index (χ2n) is 6.87. The van der Waals surface area contributed by atoms with Crippen LogP contribution in [0.2, 0.25) is 0 Å². The molecule has 1 unspecified atom stereocenters. The zero-order valence-electron chi connectivity index (χ0n) is 16.4. The first kappa shape index (κ1) is 21.1. The molecule has 1 atom stereocenters. The van der Waals surface area contributed by atoms with Gasteiger partial charge >= 0.3 is 0 Å². The van der Waals surface area contributed by atoms with Gasteiger partial charge in [-0.25, -0.2) is 4.39 Å². The lowest BCUT2D eigenvalue weighted by Gasteiger charge is -2.22. The average Bonchev–Trinajstić information content (AvgIpc) is 3.11. The Morgan fingerprint density at radius 1 is 1.21 bits per heavy atom. The van der Waals surface area contributed by atoms with Gasteiger partial charge in [0.2, 0.25) is 11.8 Å². The number of nitrogens with zero attached hydrogens (tertiary/aromatic N) is 2. The van der Waals surface area contributed by atoms with Gasteiger partial charge in [-0.1, -0.05) is 15.9 Å². The predicted octanol–water partition coefficient (Wildman–Crippen LogP) is 3.62. The van der Waals surface area contributed by atoms with Crippen LogP contribution in [0.1, 0.15) is 12.0 Å². The third-order valence-corrected chi connectivity index (χ3v) is 5.44. The van der Waals surface area contributed by atoms with Gasteiger partial charge in [0, 0.05) is 48.3 Å². The summed E-state index contributed by atoms with van der Waals surface area (Å²) in [5, 5.41) is 0. The molecule has 8 heteroatoms. The number of carbonyl (C=O) groups excluding carboxylic acids is 2. The van der Waals surface area contributed by atoms with Crippen LogP contribution in [0.3, 0.4) is 0 Å². The Labute approximate surface area is 177 Å². The summed E-state index contributed by atoms with van der Waals surface area (Å²) in [6.07, 6.45) is 0.110. The maximum Gasteiger partial charge on any atom is 0.228 e. The van der Waals surface area contributed by atoms with Crippen LogP contribution in [-0.4, -0.2) is 44.5 Å². The van der Waals surface area contributed by atoms with Crippen molar-refractivity contribution >= 4 is 33.4 Å². The molecule has 0 aromatic heterocycles. The minimum Gasteiger partial charge on any atom is -0.493 e. The van der Waals surface area contributed by atoms with Crippen molar-refractivity contribution in [3.8, 4) is 11.5 Å². The highest BCUT2D eigenvalue weighted by Crippen LogP contribution is 2.34. The normalized spacial score (nSPS) is 16.1. The maximum absolute atomic E-state index is 14.0. The molecule has 0 bridgehead atoms. The number of carbonyl (C=O) groups is 2. The summed E-state index contributed by atoms with van der Waals surface area (Å²) in [4.78, 5) is 28.4. The smallest absolute Gasteiger partial charge is 0.228 e. The minimum absolute atomic E-state index is 0.110. The molecular formula is C21H22BrFN2O4. The van der Waals surface area contributed by atoms with Crippen molar-refractivity contribution < 1.29 is 23.5 Å². The molecular weight excluding hydrogens is 443 g/mol. The van der Waals surface area contributed by atoms with Crippen molar-refractivity contribution in [3.05, 3.63) is 52.3 Å². The number of ether oxygens (including phenoxy) is 2. The third-order valence-electron chi connectivity index (χ3n) is 4.94. The summed E-state index contributed by atoms with van der Waals surface area (Å²) >= 11 is 3.31. The van der Waals surface area contributed by atoms with E-state index in [4.69, 9.17) is 9.47 Å². The van der Waals surface area contributed by atoms with Crippen LogP contribution in [0, 0.1) is 11.7 Å². The lowest BCUT2D eigenvalue weighted by Crippen LogP contribution is -2.34. The fourth-order valence-corrected chi connectivity index (χ4v) is 3.83. The highest BCUT2D eigenvalue weighted by Gasteiger charge is 2.36. The lowest BCUT2D eigenvalue weighted by atomic mass is 10.1. The number of rotatable bonds is 6. The summed E-state index contributed by atoms with van der Waals surface area (Å²) in [6.45, 7) is 0.392. The first-order chi connectivity index (χ1) is 13.8. The van der Waals surface area contributed by atoms with Crippen molar-refractivity contribution in [3.63, 3.8) is 0 Å². The Morgan fingerprint density at radius 2 is 1.93 bits per heavy atom. The van der Waals surface area contributed by atoms with Gasteiger partial charge in [-0.3, -0.25) is 9.59 Å². The third kappa shape index (κ3) is 4.53. The van der Waals surface area contributed by atoms with Crippen LogP contribution >= 0.6 is 15.9 Å². The van der Waals surface area contributed by atoms with Crippen LogP contribution < -0.4 is 14.4 Å². The van der Waals surface area contributed by atoms with Gasteiger partial charge in [0.05, 0.1) is 20.1 Å². The number of amides is 2. The Kier molecular flexibility index (Phi) is 6.42. The summed E-state index contributed by atoms with van der Waals surface area (Å²) in [5.74, 6) is -0.127. The second kappa shape index (κ2) is 8.82. The van der Waals surface area contributed by atoms with Gasteiger partial charge in [0.1, 0.15) is 5.82 Å². The predicted molar refractivity (Wildman–Crippen MR) is 111 cm³/mol. The van der Waals surface area contributed by atoms with E-state index in [0.717, 1.165) is 4.47 Å². The van der Waals surface area contributed by atoms with Crippen LogP contribution in [-0.2, 0) is 16.1 Å². The Morgan fingerprint density at radius 3 is 2.62 bits per heavy atom. The average molecular weight is 465 g/mol. The van der Waals surface area contributed by atoms with E-state index in [1.807, 2.05) is 0 Å². The van der Waals surface area contributed by atoms with Crippen molar-refractivity contribution in [2.45, 2.75) is 13.0 Å². The maximum atomic E-state index is 14.0. The van der Waals surface area contributed by atoms with Crippen LogP contribution in [0.25, 0.3) is 0 Å². The molecule has 2 aromatic rings. The zero-order chi connectivity index (χ0) is 21.1. The van der Waals surface area contributed by atoms with E-state index in [1.165, 1.54) is 25.2 Å². The van der Waals surface area contributed by atoms with Crippen molar-refractivity contribution in [1.82, 2.24) is 4.90 Å². The second-order valence-corrected chi connectivity index (χ2v) is 7.79. The fraction of sp³-hybridized carbons (Fsp3) is 0.333. The molecule has 0 aliphatic carbocycles. The lowest BCUT2D eigenvalue weighted by molar-refractivity contribution is -0.135. The van der Waals surface area contributed by atoms with E-state index < -0.39 is 5.92 Å². The SMILES string of the molecule is COc1ccc(N2CC(C(=O)N(C)Cc3cc(Br)ccc3F)CC2=O)cc1OC. The van der Waals surface area contributed by atoms with E-state index >= 15 is 0 Å². The van der Waals surface area contributed by atoms with Gasteiger partial charge in [-0.15, -0.1) is 0 Å². The standard InChI is InChI=1S/C21H22BrFN2O4/c1-24(11-13-8-15(22)4-6-17(13)23)21(27)14-9-20(26)25(12-14)16-5-7-18(28-2)19(10-16)29-3/h4-8,10,14H,9,11-12H2,1-3H3. The number of halogens is 2. The quantitative estimate of drug-likeness (QED) is 0.654.